The number of halogens is 2. The second-order valence-corrected chi connectivity index (χ2v) is 10.1. The van der Waals surface area contributed by atoms with Crippen LogP contribution in [0.15, 0.2) is 30.5 Å². The fourth-order valence-corrected chi connectivity index (χ4v) is 5.47. The standard InChI is InChI=1S/C29H28F2N6O2/c1-4-20-23(30)6-5-17-13-19(38)14-21(24(17)20)26-25(31)27-22(15-32-26)28(36-9-11-39-12-10-36)34-29(33-27)37-8-7-18(16-37)35(2)3/h1,5-6,13-15,18,38H,7-12,16H2,2-3H3/t18-/m0/s1. The quantitative estimate of drug-likeness (QED) is 0.400. The van der Waals surface area contributed by atoms with Crippen LogP contribution >= 0.6 is 0 Å². The first-order chi connectivity index (χ1) is 18.9. The van der Waals surface area contributed by atoms with Crippen molar-refractivity contribution in [2.45, 2.75) is 12.5 Å². The second kappa shape index (κ2) is 9.91. The molecule has 2 aromatic carbocycles. The topological polar surface area (TPSA) is 77.9 Å². The van der Waals surface area contributed by atoms with E-state index in [1.54, 1.807) is 6.20 Å². The number of hydrogen-bond donors (Lipinski definition) is 1. The van der Waals surface area contributed by atoms with E-state index in [-0.39, 0.29) is 28.1 Å². The SMILES string of the molecule is C#Cc1c(F)ccc2cc(O)cc(-c3ncc4c(N5CCOCC5)nc(N5CC[C@H](N(C)C)C5)nc4c3F)c12. The lowest BCUT2D eigenvalue weighted by Crippen LogP contribution is -2.37. The second-order valence-electron chi connectivity index (χ2n) is 10.1. The highest BCUT2D eigenvalue weighted by Crippen LogP contribution is 2.39. The number of hydrogen-bond acceptors (Lipinski definition) is 8. The van der Waals surface area contributed by atoms with E-state index in [1.807, 2.05) is 14.1 Å². The van der Waals surface area contributed by atoms with Crippen LogP contribution in [0, 0.1) is 24.0 Å². The van der Waals surface area contributed by atoms with E-state index in [2.05, 4.69) is 25.6 Å². The fraction of sp³-hybridized carbons (Fsp3) is 0.345. The third-order valence-corrected chi connectivity index (χ3v) is 7.59. The fourth-order valence-electron chi connectivity index (χ4n) is 5.47. The lowest BCUT2D eigenvalue weighted by Gasteiger charge is -2.30. The van der Waals surface area contributed by atoms with Crippen LogP contribution in [0.2, 0.25) is 0 Å². The average molecular weight is 531 g/mol. The predicted octanol–water partition coefficient (Wildman–Crippen LogP) is 3.79. The van der Waals surface area contributed by atoms with Crippen molar-refractivity contribution in [2.24, 2.45) is 0 Å². The number of fused-ring (bicyclic) bond motifs is 2. The molecule has 0 aliphatic carbocycles. The first-order valence-corrected chi connectivity index (χ1v) is 12.9. The molecule has 2 fully saturated rings. The zero-order chi connectivity index (χ0) is 27.3. The summed E-state index contributed by atoms with van der Waals surface area (Å²) in [6.07, 6.45) is 8.13. The molecule has 2 aliphatic heterocycles. The number of aromatic hydroxyl groups is 1. The molecule has 1 atom stereocenters. The number of phenolic OH excluding ortho intramolecular Hbond substituents is 1. The number of morpholine rings is 1. The minimum Gasteiger partial charge on any atom is -0.508 e. The van der Waals surface area contributed by atoms with Gasteiger partial charge in [-0.05, 0) is 44.1 Å². The summed E-state index contributed by atoms with van der Waals surface area (Å²) in [7, 11) is 4.08. The molecular weight excluding hydrogens is 502 g/mol. The summed E-state index contributed by atoms with van der Waals surface area (Å²) in [6.45, 7) is 3.77. The molecule has 0 spiro atoms. The Balaban J connectivity index is 1.58. The van der Waals surface area contributed by atoms with Crippen LogP contribution in [-0.4, -0.2) is 84.5 Å². The minimum atomic E-state index is -0.687. The molecule has 0 radical (unpaired) electrons. The molecule has 2 aromatic heterocycles. The van der Waals surface area contributed by atoms with Crippen molar-refractivity contribution in [1.29, 1.82) is 0 Å². The van der Waals surface area contributed by atoms with Crippen LogP contribution < -0.4 is 9.80 Å². The molecule has 2 aliphatic rings. The highest BCUT2D eigenvalue weighted by Gasteiger charge is 2.29. The van der Waals surface area contributed by atoms with Crippen LogP contribution in [0.4, 0.5) is 20.5 Å². The van der Waals surface area contributed by atoms with Crippen LogP contribution in [-0.2, 0) is 4.74 Å². The molecular formula is C29H28F2N6O2. The van der Waals surface area contributed by atoms with Gasteiger partial charge in [0.05, 0.1) is 24.2 Å². The van der Waals surface area contributed by atoms with Crippen LogP contribution in [0.3, 0.4) is 0 Å². The molecule has 0 amide bonds. The zero-order valence-corrected chi connectivity index (χ0v) is 21.8. The number of nitrogens with zero attached hydrogens (tertiary/aromatic N) is 6. The Morgan fingerprint density at radius 2 is 1.90 bits per heavy atom. The van der Waals surface area contributed by atoms with Gasteiger partial charge >= 0.3 is 0 Å². The molecule has 200 valence electrons. The van der Waals surface area contributed by atoms with Gasteiger partial charge in [-0.2, -0.15) is 4.98 Å². The molecule has 4 heterocycles. The summed E-state index contributed by atoms with van der Waals surface area (Å²) >= 11 is 0. The average Bonchev–Trinajstić information content (AvgIpc) is 3.44. The van der Waals surface area contributed by atoms with Crippen molar-refractivity contribution in [1.82, 2.24) is 19.9 Å². The molecule has 1 N–H and O–H groups in total. The maximum Gasteiger partial charge on any atom is 0.228 e. The first kappa shape index (κ1) is 25.2. The number of aromatic nitrogens is 3. The molecule has 4 aromatic rings. The monoisotopic (exact) mass is 530 g/mol. The molecule has 10 heteroatoms. The lowest BCUT2D eigenvalue weighted by molar-refractivity contribution is 0.122. The van der Waals surface area contributed by atoms with Gasteiger partial charge in [0.2, 0.25) is 5.95 Å². The highest BCUT2D eigenvalue weighted by atomic mass is 19.1. The van der Waals surface area contributed by atoms with Crippen molar-refractivity contribution < 1.29 is 18.6 Å². The number of anilines is 2. The molecule has 6 rings (SSSR count). The van der Waals surface area contributed by atoms with Gasteiger partial charge in [0.25, 0.3) is 0 Å². The first-order valence-electron chi connectivity index (χ1n) is 12.9. The van der Waals surface area contributed by atoms with Gasteiger partial charge in [0, 0.05) is 49.4 Å². The summed E-state index contributed by atoms with van der Waals surface area (Å²) in [5.41, 5.74) is 0.206. The summed E-state index contributed by atoms with van der Waals surface area (Å²) < 4.78 is 36.7. The maximum absolute atomic E-state index is 16.5. The third-order valence-electron chi connectivity index (χ3n) is 7.59. The van der Waals surface area contributed by atoms with Crippen molar-refractivity contribution in [3.05, 3.63) is 47.7 Å². The van der Waals surface area contributed by atoms with E-state index in [9.17, 15) is 9.50 Å². The zero-order valence-electron chi connectivity index (χ0n) is 21.8. The van der Waals surface area contributed by atoms with Gasteiger partial charge in [-0.25, -0.2) is 13.8 Å². The number of phenols is 1. The van der Waals surface area contributed by atoms with Crippen molar-refractivity contribution in [3.8, 4) is 29.4 Å². The lowest BCUT2D eigenvalue weighted by atomic mass is 9.96. The maximum atomic E-state index is 16.5. The largest absolute Gasteiger partial charge is 0.508 e. The van der Waals surface area contributed by atoms with Crippen molar-refractivity contribution in [3.63, 3.8) is 0 Å². The summed E-state index contributed by atoms with van der Waals surface area (Å²) in [5, 5.41) is 11.7. The highest BCUT2D eigenvalue weighted by molar-refractivity contribution is 6.03. The number of terminal acetylenes is 1. The predicted molar refractivity (Wildman–Crippen MR) is 147 cm³/mol. The summed E-state index contributed by atoms with van der Waals surface area (Å²) in [5.74, 6) is 2.01. The molecule has 39 heavy (non-hydrogen) atoms. The van der Waals surface area contributed by atoms with E-state index >= 15 is 4.39 Å². The van der Waals surface area contributed by atoms with E-state index in [1.165, 1.54) is 24.3 Å². The van der Waals surface area contributed by atoms with E-state index < -0.39 is 11.6 Å². The normalized spacial score (nSPS) is 17.9. The Morgan fingerprint density at radius 1 is 1.10 bits per heavy atom. The van der Waals surface area contributed by atoms with Gasteiger partial charge in [0.15, 0.2) is 5.82 Å². The molecule has 8 nitrogen and oxygen atoms in total. The number of pyridine rings is 1. The van der Waals surface area contributed by atoms with Gasteiger partial charge in [-0.15, -0.1) is 6.42 Å². The van der Waals surface area contributed by atoms with Crippen molar-refractivity contribution in [2.75, 3.05) is 63.3 Å². The van der Waals surface area contributed by atoms with Gasteiger partial charge in [0.1, 0.15) is 28.6 Å². The van der Waals surface area contributed by atoms with Crippen LogP contribution in [0.1, 0.15) is 12.0 Å². The van der Waals surface area contributed by atoms with Gasteiger partial charge in [-0.3, -0.25) is 4.98 Å². The Labute approximate surface area is 224 Å². The molecule has 0 saturated carbocycles. The molecule has 2 saturated heterocycles. The summed E-state index contributed by atoms with van der Waals surface area (Å²) in [6, 6.07) is 5.88. The van der Waals surface area contributed by atoms with Crippen LogP contribution in [0.5, 0.6) is 5.75 Å². The number of ether oxygens (including phenoxy) is 1. The van der Waals surface area contributed by atoms with Gasteiger partial charge < -0.3 is 24.5 Å². The molecule has 0 bridgehead atoms. The smallest absolute Gasteiger partial charge is 0.228 e. The minimum absolute atomic E-state index is 0.0204. The summed E-state index contributed by atoms with van der Waals surface area (Å²) in [4.78, 5) is 20.4. The number of rotatable bonds is 4. The Morgan fingerprint density at radius 3 is 2.62 bits per heavy atom. The Kier molecular flexibility index (Phi) is 6.41. The van der Waals surface area contributed by atoms with E-state index in [0.717, 1.165) is 19.5 Å². The Bertz CT molecular complexity index is 1630. The third kappa shape index (κ3) is 4.37. The molecule has 0 unspecified atom stereocenters. The van der Waals surface area contributed by atoms with Crippen molar-refractivity contribution >= 4 is 33.4 Å². The van der Waals surface area contributed by atoms with Crippen LogP contribution in [0.25, 0.3) is 32.9 Å². The Hall–Kier alpha value is -4.07. The van der Waals surface area contributed by atoms with Gasteiger partial charge in [-0.1, -0.05) is 12.0 Å². The number of benzene rings is 2. The number of likely N-dealkylation sites (N-methyl/N-ethyl adjacent to an activating group) is 1. The van der Waals surface area contributed by atoms with E-state index in [4.69, 9.17) is 21.1 Å². The van der Waals surface area contributed by atoms with E-state index in [0.29, 0.717) is 60.3 Å².